The normalized spacial score (nSPS) is 23.2. The fourth-order valence-electron chi connectivity index (χ4n) is 9.46. The van der Waals surface area contributed by atoms with Crippen LogP contribution in [0.15, 0.2) is 107 Å². The number of aliphatic hydroxyl groups excluding tert-OH is 2. The van der Waals surface area contributed by atoms with E-state index in [1.807, 2.05) is 50.2 Å². The summed E-state index contributed by atoms with van der Waals surface area (Å²) < 4.78 is 51.8. The molecule has 4 N–H and O–H groups in total. The molecule has 1 saturated carbocycles. The van der Waals surface area contributed by atoms with Crippen LogP contribution >= 0.6 is 0 Å². The molecule has 0 radical (unpaired) electrons. The third-order valence-electron chi connectivity index (χ3n) is 12.0. The van der Waals surface area contributed by atoms with E-state index >= 15 is 8.42 Å². The Labute approximate surface area is 371 Å². The Balaban J connectivity index is 1.54. The van der Waals surface area contributed by atoms with Crippen LogP contribution in [-0.4, -0.2) is 85.4 Å². The number of unbranched alkanes of at least 4 members (excludes halogenated alkanes) is 2. The van der Waals surface area contributed by atoms with Crippen LogP contribution in [0.2, 0.25) is 0 Å². The van der Waals surface area contributed by atoms with Crippen molar-refractivity contribution < 1.29 is 47.3 Å². The molecule has 3 aliphatic rings. The number of nitrogens with zero attached hydrogens (tertiary/aromatic N) is 2. The van der Waals surface area contributed by atoms with E-state index in [9.17, 15) is 19.8 Å². The van der Waals surface area contributed by atoms with Crippen LogP contribution in [0.5, 0.6) is 11.5 Å². The van der Waals surface area contributed by atoms with Gasteiger partial charge in [-0.25, -0.2) is 13.2 Å². The summed E-state index contributed by atoms with van der Waals surface area (Å²) in [6, 6.07) is 19.9. The van der Waals surface area contributed by atoms with Crippen LogP contribution < -0.4 is 20.1 Å². The Morgan fingerprint density at radius 1 is 1.00 bits per heavy atom. The Kier molecular flexibility index (Phi) is 16.6. The molecule has 6 atom stereocenters. The molecule has 3 aromatic carbocycles. The van der Waals surface area contributed by atoms with Gasteiger partial charge in [-0.05, 0) is 104 Å². The number of oxime groups is 1. The van der Waals surface area contributed by atoms with Gasteiger partial charge in [-0.2, -0.15) is 4.31 Å². The molecule has 3 aromatic rings. The van der Waals surface area contributed by atoms with E-state index in [1.54, 1.807) is 30.3 Å². The molecule has 1 heterocycles. The predicted octanol–water partition coefficient (Wildman–Crippen LogP) is 7.69. The topological polar surface area (TPSA) is 185 Å². The zero-order valence-electron chi connectivity index (χ0n) is 36.5. The van der Waals surface area contributed by atoms with Crippen molar-refractivity contribution in [3.63, 3.8) is 0 Å². The average Bonchev–Trinajstić information content (AvgIpc) is 3.27. The Bertz CT molecular complexity index is 2200. The molecule has 0 saturated heterocycles. The molecule has 6 rings (SSSR count). The van der Waals surface area contributed by atoms with E-state index < -0.39 is 33.9 Å². The van der Waals surface area contributed by atoms with E-state index in [2.05, 4.69) is 23.3 Å². The number of carbonyl (C=O) groups excluding carboxylic acids is 2. The number of hydrogen-bond acceptors (Lipinski definition) is 11. The number of amides is 2. The van der Waals surface area contributed by atoms with Gasteiger partial charge >= 0.3 is 6.09 Å². The lowest BCUT2D eigenvalue weighted by atomic mass is 9.55. The fraction of sp³-hybridized carbons (Fsp3) is 0.479. The molecule has 1 fully saturated rings. The highest BCUT2D eigenvalue weighted by Crippen LogP contribution is 2.62. The zero-order chi connectivity index (χ0) is 45.0. The number of benzene rings is 3. The molecule has 15 heteroatoms. The van der Waals surface area contributed by atoms with Crippen molar-refractivity contribution in [3.05, 3.63) is 108 Å². The van der Waals surface area contributed by atoms with Gasteiger partial charge in [-0.1, -0.05) is 67.4 Å². The third-order valence-corrected chi connectivity index (χ3v) is 13.9. The highest BCUT2D eigenvalue weighted by molar-refractivity contribution is 7.89. The Hall–Kier alpha value is -5.06. The first kappa shape index (κ1) is 47.4. The summed E-state index contributed by atoms with van der Waals surface area (Å²) in [5.74, 6) is -2.26. The molecule has 0 bridgehead atoms. The Morgan fingerprint density at radius 2 is 1.73 bits per heavy atom. The van der Waals surface area contributed by atoms with Gasteiger partial charge in [0.2, 0.25) is 21.7 Å². The first-order valence-corrected chi connectivity index (χ1v) is 23.5. The maximum Gasteiger partial charge on any atom is 0.412 e. The second kappa shape index (κ2) is 22.0. The molecule has 2 aliphatic carbocycles. The molecule has 340 valence electrons. The highest BCUT2D eigenvalue weighted by atomic mass is 32.2. The number of anilines is 1. The molecule has 0 spiro atoms. The lowest BCUT2D eigenvalue weighted by Crippen LogP contribution is -2.70. The van der Waals surface area contributed by atoms with Gasteiger partial charge in [-0.3, -0.25) is 4.79 Å². The largest absolute Gasteiger partial charge is 0.460 e. The second-order valence-corrected chi connectivity index (χ2v) is 18.1. The number of fused-ring (bicyclic) bond motifs is 2. The summed E-state index contributed by atoms with van der Waals surface area (Å²) in [5.41, 5.74) is 3.55. The van der Waals surface area contributed by atoms with E-state index in [0.29, 0.717) is 55.0 Å². The molecule has 63 heavy (non-hydrogen) atoms. The minimum absolute atomic E-state index is 0.0192. The SMILES string of the molecule is C=CCO[C@@]12Oc3ccc(OC(=O)NCc4ccccc4)cc3[C@H]3[C@H](CCCCO)[C@@H](CCCCO)C=C(C(=NOCC)C[C@@H]1N(CCC)S(=O)(=O)c1ccc(NC(C)=O)cc1)[C@H]32. The molecule has 14 nitrogen and oxygen atoms in total. The Morgan fingerprint density at radius 3 is 2.40 bits per heavy atom. The van der Waals surface area contributed by atoms with Gasteiger partial charge in [-0.15, -0.1) is 6.58 Å². The number of allylic oxidation sites excluding steroid dienone is 1. The van der Waals surface area contributed by atoms with E-state index in [1.165, 1.54) is 23.4 Å². The van der Waals surface area contributed by atoms with Crippen molar-refractivity contribution >= 4 is 33.4 Å². The summed E-state index contributed by atoms with van der Waals surface area (Å²) in [6.45, 7) is 9.90. The number of ether oxygens (including phenoxy) is 3. The zero-order valence-corrected chi connectivity index (χ0v) is 37.4. The molecule has 1 aliphatic heterocycles. The van der Waals surface area contributed by atoms with Crippen molar-refractivity contribution in [2.45, 2.75) is 101 Å². The van der Waals surface area contributed by atoms with Crippen molar-refractivity contribution in [2.24, 2.45) is 22.9 Å². The van der Waals surface area contributed by atoms with Crippen molar-refractivity contribution in [3.8, 4) is 11.5 Å². The van der Waals surface area contributed by atoms with Crippen LogP contribution in [0.25, 0.3) is 0 Å². The summed E-state index contributed by atoms with van der Waals surface area (Å²) in [4.78, 5) is 30.9. The van der Waals surface area contributed by atoms with Crippen LogP contribution in [0.3, 0.4) is 0 Å². The van der Waals surface area contributed by atoms with Gasteiger partial charge in [0.1, 0.15) is 18.1 Å². The van der Waals surface area contributed by atoms with Gasteiger partial charge in [0, 0.05) is 56.8 Å². The lowest BCUT2D eigenvalue weighted by Gasteiger charge is -2.59. The summed E-state index contributed by atoms with van der Waals surface area (Å²) in [7, 11) is -4.27. The van der Waals surface area contributed by atoms with Gasteiger partial charge in [0.15, 0.2) is 0 Å². The van der Waals surface area contributed by atoms with Gasteiger partial charge in [0.25, 0.3) is 0 Å². The summed E-state index contributed by atoms with van der Waals surface area (Å²) in [5, 5.41) is 30.0. The third kappa shape index (κ3) is 10.8. The first-order chi connectivity index (χ1) is 30.5. The maximum absolute atomic E-state index is 15.1. The van der Waals surface area contributed by atoms with Crippen LogP contribution in [0, 0.1) is 17.8 Å². The minimum atomic E-state index is -4.27. The van der Waals surface area contributed by atoms with Crippen molar-refractivity contribution in [1.29, 1.82) is 0 Å². The standard InChI is InChI=1S/C48H62N4O10S/c1-5-25-52(63(57,58)38-22-19-36(20-23-38)50-33(4)55)44-31-42(51-60-7-3)40-29-35(17-11-13-26-53)39(18-12-14-27-54)45-41-30-37(61-47(56)49-32-34-15-9-8-10-16-34)21-24-43(41)62-48(44,46(40)45)59-28-6-2/h6,8-10,15-16,19-24,29-30,35,39,44-46,53-54H,2,5,7,11-14,17-18,25-28,31-32H2,1,3-4H3,(H,49,56)(H,50,55)/t35-,39+,44-,45+,46+,48+/m0/s1. The first-order valence-electron chi connectivity index (χ1n) is 22.1. The van der Waals surface area contributed by atoms with Crippen molar-refractivity contribution in [1.82, 2.24) is 9.62 Å². The lowest BCUT2D eigenvalue weighted by molar-refractivity contribution is -0.251. The smallest absolute Gasteiger partial charge is 0.412 e. The number of nitrogens with one attached hydrogen (secondary N) is 2. The number of rotatable bonds is 22. The highest BCUT2D eigenvalue weighted by Gasteiger charge is 2.66. The van der Waals surface area contributed by atoms with E-state index in [-0.39, 0.29) is 74.5 Å². The van der Waals surface area contributed by atoms with Crippen molar-refractivity contribution in [2.75, 3.05) is 38.3 Å². The number of hydrogen-bond donors (Lipinski definition) is 4. The average molecular weight is 887 g/mol. The minimum Gasteiger partial charge on any atom is -0.460 e. The monoisotopic (exact) mass is 886 g/mol. The number of aliphatic hydroxyl groups is 2. The molecule has 2 amide bonds. The van der Waals surface area contributed by atoms with Crippen LogP contribution in [0.4, 0.5) is 10.5 Å². The molecule has 0 unspecified atom stereocenters. The van der Waals surface area contributed by atoms with E-state index in [4.69, 9.17) is 24.2 Å². The molecule has 0 aromatic heterocycles. The van der Waals surface area contributed by atoms with Crippen LogP contribution in [0.1, 0.15) is 89.2 Å². The number of carbonyl (C=O) groups is 2. The van der Waals surface area contributed by atoms with Gasteiger partial charge < -0.3 is 39.9 Å². The number of sulfonamides is 1. The molecular formula is C48H62N4O10S. The fourth-order valence-corrected chi connectivity index (χ4v) is 11.2. The second-order valence-electron chi connectivity index (χ2n) is 16.2. The van der Waals surface area contributed by atoms with Crippen LogP contribution in [-0.2, 0) is 30.9 Å². The predicted molar refractivity (Wildman–Crippen MR) is 241 cm³/mol. The summed E-state index contributed by atoms with van der Waals surface area (Å²) in [6.07, 6.45) is 7.92. The molecular weight excluding hydrogens is 825 g/mol. The van der Waals surface area contributed by atoms with E-state index in [0.717, 1.165) is 29.5 Å². The maximum atomic E-state index is 15.1. The summed E-state index contributed by atoms with van der Waals surface area (Å²) >= 11 is 0. The quantitative estimate of drug-likeness (QED) is 0.0443. The van der Waals surface area contributed by atoms with Gasteiger partial charge in [0.05, 0.1) is 29.2 Å².